The van der Waals surface area contributed by atoms with Crippen molar-refractivity contribution >= 4 is 27.8 Å². The molecule has 1 heterocycles. The third-order valence-electron chi connectivity index (χ3n) is 3.46. The molecule has 0 radical (unpaired) electrons. The number of amides is 1. The number of nitrogens with one attached hydrogen (secondary N) is 1. The predicted molar refractivity (Wildman–Crippen MR) is 80.2 cm³/mol. The first kappa shape index (κ1) is 15.9. The second-order valence-electron chi connectivity index (χ2n) is 4.79. The molecule has 1 aromatic rings. The maximum Gasteiger partial charge on any atom is 0.335 e. The Morgan fingerprint density at radius 3 is 2.90 bits per heavy atom. The van der Waals surface area contributed by atoms with Gasteiger partial charge in [-0.1, -0.05) is 22.0 Å². The summed E-state index contributed by atoms with van der Waals surface area (Å²) in [5.74, 6) is -1.04. The van der Waals surface area contributed by atoms with Crippen molar-refractivity contribution in [2.24, 2.45) is 0 Å². The fourth-order valence-corrected chi connectivity index (χ4v) is 2.77. The van der Waals surface area contributed by atoms with E-state index in [0.29, 0.717) is 26.3 Å². The molecule has 0 saturated carbocycles. The summed E-state index contributed by atoms with van der Waals surface area (Å²) in [6.07, 6.45) is 0. The highest BCUT2D eigenvalue weighted by atomic mass is 79.9. The summed E-state index contributed by atoms with van der Waals surface area (Å²) in [6, 6.07) is 4.59. The van der Waals surface area contributed by atoms with Crippen LogP contribution in [0.1, 0.15) is 15.9 Å². The lowest BCUT2D eigenvalue weighted by molar-refractivity contribution is -0.132. The highest BCUT2D eigenvalue weighted by Crippen LogP contribution is 2.22. The molecular weight excluding hydrogens is 340 g/mol. The van der Waals surface area contributed by atoms with Gasteiger partial charge in [0, 0.05) is 24.6 Å². The van der Waals surface area contributed by atoms with Crippen molar-refractivity contribution in [2.45, 2.75) is 12.6 Å². The largest absolute Gasteiger partial charge is 0.478 e. The predicted octanol–water partition coefficient (Wildman–Crippen LogP) is 1.09. The minimum absolute atomic E-state index is 0.0759. The number of carboxylic acid groups (broad SMARTS) is 1. The van der Waals surface area contributed by atoms with Gasteiger partial charge in [-0.05, 0) is 17.7 Å². The lowest BCUT2D eigenvalue weighted by Crippen LogP contribution is -2.52. The number of rotatable bonds is 4. The molecule has 0 spiro atoms. The number of morpholine rings is 1. The van der Waals surface area contributed by atoms with Gasteiger partial charge in [0.05, 0.1) is 18.8 Å². The van der Waals surface area contributed by atoms with Gasteiger partial charge in [0.2, 0.25) is 5.91 Å². The van der Waals surface area contributed by atoms with Crippen molar-refractivity contribution in [3.63, 3.8) is 0 Å². The van der Waals surface area contributed by atoms with Crippen molar-refractivity contribution in [2.75, 3.05) is 26.8 Å². The molecule has 0 aromatic heterocycles. The summed E-state index contributed by atoms with van der Waals surface area (Å²) in [7, 11) is 1.60. The number of carboxylic acids is 1. The van der Waals surface area contributed by atoms with Crippen molar-refractivity contribution in [3.05, 3.63) is 33.8 Å². The van der Waals surface area contributed by atoms with Gasteiger partial charge in [-0.2, -0.15) is 0 Å². The average Bonchev–Trinajstić information content (AvgIpc) is 2.49. The molecule has 7 heteroatoms. The van der Waals surface area contributed by atoms with Crippen LogP contribution in [0.5, 0.6) is 0 Å². The van der Waals surface area contributed by atoms with Crippen molar-refractivity contribution in [1.82, 2.24) is 10.2 Å². The summed E-state index contributed by atoms with van der Waals surface area (Å²) >= 11 is 3.39. The number of carbonyl (C=O) groups is 2. The second kappa shape index (κ2) is 7.02. The molecule has 114 valence electrons. The zero-order chi connectivity index (χ0) is 15.4. The zero-order valence-electron chi connectivity index (χ0n) is 11.6. The minimum Gasteiger partial charge on any atom is -0.478 e. The van der Waals surface area contributed by atoms with E-state index < -0.39 is 5.97 Å². The van der Waals surface area contributed by atoms with Crippen molar-refractivity contribution in [3.8, 4) is 0 Å². The standard InChI is InChI=1S/C14H17BrN2O4/c1-16-13(18)12-8-21-5-4-17(12)7-10-3-2-9(14(19)20)6-11(10)15/h2-3,6,12H,4-5,7-8H2,1H3,(H,16,18)(H,19,20). The lowest BCUT2D eigenvalue weighted by Gasteiger charge is -2.34. The van der Waals surface area contributed by atoms with Crippen molar-refractivity contribution in [1.29, 1.82) is 0 Å². The van der Waals surface area contributed by atoms with Crippen LogP contribution < -0.4 is 5.32 Å². The monoisotopic (exact) mass is 356 g/mol. The van der Waals surface area contributed by atoms with Gasteiger partial charge < -0.3 is 15.2 Å². The van der Waals surface area contributed by atoms with Crippen LogP contribution in [0.2, 0.25) is 0 Å². The van der Waals surface area contributed by atoms with E-state index in [2.05, 4.69) is 21.2 Å². The Bertz CT molecular complexity index is 550. The normalized spacial score (nSPS) is 19.2. The van der Waals surface area contributed by atoms with E-state index in [-0.39, 0.29) is 17.5 Å². The molecule has 1 unspecified atom stereocenters. The van der Waals surface area contributed by atoms with E-state index in [0.717, 1.165) is 10.0 Å². The van der Waals surface area contributed by atoms with Crippen LogP contribution in [0, 0.1) is 0 Å². The van der Waals surface area contributed by atoms with Crippen LogP contribution in [0.15, 0.2) is 22.7 Å². The van der Waals surface area contributed by atoms with Crippen LogP contribution in [-0.4, -0.2) is 54.7 Å². The molecular formula is C14H17BrN2O4. The number of benzene rings is 1. The van der Waals surface area contributed by atoms with Gasteiger partial charge in [0.1, 0.15) is 6.04 Å². The van der Waals surface area contributed by atoms with Crippen LogP contribution in [-0.2, 0) is 16.1 Å². The highest BCUT2D eigenvalue weighted by Gasteiger charge is 2.29. The van der Waals surface area contributed by atoms with Gasteiger partial charge in [-0.3, -0.25) is 9.69 Å². The number of ether oxygens (including phenoxy) is 1. The van der Waals surface area contributed by atoms with E-state index >= 15 is 0 Å². The molecule has 1 aliphatic rings. The van der Waals surface area contributed by atoms with Crippen LogP contribution in [0.25, 0.3) is 0 Å². The van der Waals surface area contributed by atoms with Gasteiger partial charge in [-0.15, -0.1) is 0 Å². The fourth-order valence-electron chi connectivity index (χ4n) is 2.26. The summed E-state index contributed by atoms with van der Waals surface area (Å²) in [5, 5.41) is 11.6. The maximum absolute atomic E-state index is 11.9. The van der Waals surface area contributed by atoms with E-state index in [9.17, 15) is 9.59 Å². The molecule has 1 atom stereocenters. The molecule has 1 saturated heterocycles. The third kappa shape index (κ3) is 3.81. The zero-order valence-corrected chi connectivity index (χ0v) is 13.2. The Morgan fingerprint density at radius 1 is 1.52 bits per heavy atom. The topological polar surface area (TPSA) is 78.9 Å². The Balaban J connectivity index is 2.15. The van der Waals surface area contributed by atoms with Crippen LogP contribution >= 0.6 is 15.9 Å². The molecule has 0 aliphatic carbocycles. The molecule has 1 aromatic carbocycles. The first-order valence-electron chi connectivity index (χ1n) is 6.58. The number of likely N-dealkylation sites (N-methyl/N-ethyl adjacent to an activating group) is 1. The summed E-state index contributed by atoms with van der Waals surface area (Å²) in [4.78, 5) is 24.8. The number of hydrogen-bond donors (Lipinski definition) is 2. The SMILES string of the molecule is CNC(=O)C1COCCN1Cc1ccc(C(=O)O)cc1Br. The Kier molecular flexibility index (Phi) is 5.33. The van der Waals surface area contributed by atoms with E-state index in [1.165, 1.54) is 0 Å². The first-order chi connectivity index (χ1) is 10.0. The number of nitrogens with zero attached hydrogens (tertiary/aromatic N) is 1. The van der Waals surface area contributed by atoms with Crippen molar-refractivity contribution < 1.29 is 19.4 Å². The molecule has 1 amide bonds. The third-order valence-corrected chi connectivity index (χ3v) is 4.20. The molecule has 2 rings (SSSR count). The smallest absolute Gasteiger partial charge is 0.335 e. The maximum atomic E-state index is 11.9. The first-order valence-corrected chi connectivity index (χ1v) is 7.37. The molecule has 1 fully saturated rings. The lowest BCUT2D eigenvalue weighted by atomic mass is 10.1. The Labute approximate surface area is 131 Å². The van der Waals surface area contributed by atoms with Gasteiger partial charge in [0.25, 0.3) is 0 Å². The van der Waals surface area contributed by atoms with Gasteiger partial charge >= 0.3 is 5.97 Å². The summed E-state index contributed by atoms with van der Waals surface area (Å²) in [6.45, 7) is 2.16. The molecule has 2 N–H and O–H groups in total. The fraction of sp³-hybridized carbons (Fsp3) is 0.429. The minimum atomic E-state index is -0.961. The summed E-state index contributed by atoms with van der Waals surface area (Å²) in [5.41, 5.74) is 1.17. The second-order valence-corrected chi connectivity index (χ2v) is 5.64. The van der Waals surface area contributed by atoms with Gasteiger partial charge in [0.15, 0.2) is 0 Å². The average molecular weight is 357 g/mol. The molecule has 0 bridgehead atoms. The number of halogens is 1. The van der Waals surface area contributed by atoms with Gasteiger partial charge in [-0.25, -0.2) is 4.79 Å². The Hall–Kier alpha value is -1.44. The molecule has 1 aliphatic heterocycles. The molecule has 6 nitrogen and oxygen atoms in total. The van der Waals surface area contributed by atoms with Crippen LogP contribution in [0.4, 0.5) is 0 Å². The van der Waals surface area contributed by atoms with Crippen LogP contribution in [0.3, 0.4) is 0 Å². The van der Waals surface area contributed by atoms with E-state index in [4.69, 9.17) is 9.84 Å². The quantitative estimate of drug-likeness (QED) is 0.844. The number of hydrogen-bond acceptors (Lipinski definition) is 4. The Morgan fingerprint density at radius 2 is 2.29 bits per heavy atom. The van der Waals surface area contributed by atoms with E-state index in [1.807, 2.05) is 4.90 Å². The highest BCUT2D eigenvalue weighted by molar-refractivity contribution is 9.10. The molecule has 21 heavy (non-hydrogen) atoms. The number of aromatic carboxylic acids is 1. The van der Waals surface area contributed by atoms with E-state index in [1.54, 1.807) is 25.2 Å². The number of carbonyl (C=O) groups excluding carboxylic acids is 1. The summed E-state index contributed by atoms with van der Waals surface area (Å²) < 4.78 is 6.09.